The lowest BCUT2D eigenvalue weighted by Gasteiger charge is -2.11. The molecule has 0 amide bonds. The van der Waals surface area contributed by atoms with Crippen LogP contribution in [-0.4, -0.2) is 28.1 Å². The van der Waals surface area contributed by atoms with Gasteiger partial charge in [0.05, 0.1) is 12.1 Å². The van der Waals surface area contributed by atoms with E-state index in [0.29, 0.717) is 28.1 Å². The molecule has 0 radical (unpaired) electrons. The van der Waals surface area contributed by atoms with Crippen molar-refractivity contribution in [2.24, 2.45) is 0 Å². The van der Waals surface area contributed by atoms with Crippen molar-refractivity contribution in [1.82, 2.24) is 14.8 Å². The highest BCUT2D eigenvalue weighted by Gasteiger charge is 2.18. The van der Waals surface area contributed by atoms with Crippen molar-refractivity contribution < 1.29 is 4.57 Å². The Morgan fingerprint density at radius 3 is 2.38 bits per heavy atom. The van der Waals surface area contributed by atoms with E-state index in [2.05, 4.69) is 14.9 Å². The number of pyridine rings is 1. The monoisotopic (exact) mass is 366 g/mol. The first-order valence-corrected chi connectivity index (χ1v) is 10.6. The van der Waals surface area contributed by atoms with Crippen LogP contribution in [0.2, 0.25) is 0 Å². The number of hydrogen-bond acceptors (Lipinski definition) is 3. The summed E-state index contributed by atoms with van der Waals surface area (Å²) in [6.45, 7) is 14.1. The van der Waals surface area contributed by atoms with Crippen LogP contribution in [0.4, 0.5) is 5.69 Å². The second kappa shape index (κ2) is 6.44. The van der Waals surface area contributed by atoms with Crippen LogP contribution in [0.5, 0.6) is 0 Å². The number of aromatic nitrogens is 3. The molecule has 2 heterocycles. The summed E-state index contributed by atoms with van der Waals surface area (Å²) in [6, 6.07) is 8.67. The lowest BCUT2D eigenvalue weighted by atomic mass is 10.1. The fraction of sp³-hybridized carbons (Fsp3) is 0.211. The largest absolute Gasteiger partial charge is 0.319 e. The molecule has 0 atom stereocenters. The number of hydrogen-bond donors (Lipinski definition) is 1. The highest BCUT2D eigenvalue weighted by atomic mass is 31.2. The maximum absolute atomic E-state index is 12.9. The molecule has 0 fully saturated rings. The molecule has 1 N–H and O–H groups in total. The van der Waals surface area contributed by atoms with Crippen LogP contribution in [0, 0.1) is 20.4 Å². The third-order valence-corrected chi connectivity index (χ3v) is 5.86. The van der Waals surface area contributed by atoms with E-state index in [9.17, 15) is 9.36 Å². The average Bonchev–Trinajstić information content (AvgIpc) is 2.88. The van der Waals surface area contributed by atoms with E-state index >= 15 is 0 Å². The van der Waals surface area contributed by atoms with Gasteiger partial charge in [0.1, 0.15) is 7.14 Å². The van der Waals surface area contributed by atoms with E-state index in [0.717, 1.165) is 11.1 Å². The predicted molar refractivity (Wildman–Crippen MR) is 104 cm³/mol. The summed E-state index contributed by atoms with van der Waals surface area (Å²) in [5.74, 6) is 0.455. The van der Waals surface area contributed by atoms with Crippen molar-refractivity contribution in [3.63, 3.8) is 0 Å². The third-order valence-electron chi connectivity index (χ3n) is 4.23. The smallest absolute Gasteiger partial charge is 0.280 e. The Morgan fingerprint density at radius 1 is 1.19 bits per heavy atom. The standard InChI is InChI=1S/C19H19N4O2P/c1-12-10-17(21-11-16(12)26(4,5)25)23-19(24)18(13(2)22-23)14-6-8-15(20-3)9-7-14/h6-11,22H,1-2,4-5H3. The van der Waals surface area contributed by atoms with Crippen LogP contribution >= 0.6 is 7.14 Å². The molecule has 0 saturated carbocycles. The molecule has 0 unspecified atom stereocenters. The molecule has 0 saturated heterocycles. The quantitative estimate of drug-likeness (QED) is 0.568. The Morgan fingerprint density at radius 2 is 1.85 bits per heavy atom. The van der Waals surface area contributed by atoms with Gasteiger partial charge < -0.3 is 4.57 Å². The molecule has 1 aromatic carbocycles. The van der Waals surface area contributed by atoms with Crippen molar-refractivity contribution in [1.29, 1.82) is 0 Å². The summed E-state index contributed by atoms with van der Waals surface area (Å²) >= 11 is 0. The van der Waals surface area contributed by atoms with Gasteiger partial charge in [0.15, 0.2) is 11.5 Å². The van der Waals surface area contributed by atoms with Gasteiger partial charge in [-0.3, -0.25) is 9.89 Å². The lowest BCUT2D eigenvalue weighted by molar-refractivity contribution is 0.588. The zero-order chi connectivity index (χ0) is 19.1. The summed E-state index contributed by atoms with van der Waals surface area (Å²) in [4.78, 5) is 20.6. The Kier molecular flexibility index (Phi) is 4.43. The van der Waals surface area contributed by atoms with Crippen LogP contribution in [0.3, 0.4) is 0 Å². The van der Waals surface area contributed by atoms with E-state index in [1.165, 1.54) is 4.68 Å². The number of rotatable bonds is 3. The normalized spacial score (nSPS) is 11.3. The van der Waals surface area contributed by atoms with E-state index in [1.807, 2.05) is 13.8 Å². The SMILES string of the molecule is [C-]#[N+]c1ccc(-c2c(C)[nH]n(-c3cc(C)c(P(C)(C)=O)cn3)c2=O)cc1. The van der Waals surface area contributed by atoms with E-state index < -0.39 is 7.14 Å². The number of aromatic amines is 1. The number of aryl methyl sites for hydroxylation is 2. The Bertz CT molecular complexity index is 1130. The first-order valence-electron chi connectivity index (χ1n) is 8.04. The number of nitrogens with zero attached hydrogens (tertiary/aromatic N) is 3. The molecule has 6 nitrogen and oxygen atoms in total. The van der Waals surface area contributed by atoms with E-state index in [4.69, 9.17) is 6.57 Å². The molecule has 0 spiro atoms. The molecular formula is C19H19N4O2P. The van der Waals surface area contributed by atoms with Crippen LogP contribution in [0.1, 0.15) is 11.3 Å². The zero-order valence-corrected chi connectivity index (χ0v) is 16.0. The molecule has 132 valence electrons. The number of nitrogens with one attached hydrogen (secondary N) is 1. The van der Waals surface area contributed by atoms with Gasteiger partial charge in [-0.15, -0.1) is 0 Å². The Labute approximate surface area is 151 Å². The fourth-order valence-electron chi connectivity index (χ4n) is 2.97. The highest BCUT2D eigenvalue weighted by molar-refractivity contribution is 7.70. The van der Waals surface area contributed by atoms with E-state index in [1.54, 1.807) is 49.9 Å². The van der Waals surface area contributed by atoms with Crippen molar-refractivity contribution >= 4 is 18.1 Å². The molecule has 3 rings (SSSR count). The first kappa shape index (κ1) is 17.9. The van der Waals surface area contributed by atoms with E-state index in [-0.39, 0.29) is 5.56 Å². The third kappa shape index (κ3) is 3.14. The van der Waals surface area contributed by atoms with Crippen molar-refractivity contribution in [2.75, 3.05) is 13.3 Å². The van der Waals surface area contributed by atoms with Gasteiger partial charge in [-0.25, -0.2) is 14.5 Å². The van der Waals surface area contributed by atoms with Gasteiger partial charge in [-0.2, -0.15) is 0 Å². The minimum atomic E-state index is -2.42. The Balaban J connectivity index is 2.11. The number of H-pyrrole nitrogens is 1. The minimum absolute atomic E-state index is 0.214. The summed E-state index contributed by atoms with van der Waals surface area (Å²) in [5, 5.41) is 3.77. The summed E-state index contributed by atoms with van der Waals surface area (Å²) in [7, 11) is -2.42. The van der Waals surface area contributed by atoms with Gasteiger partial charge in [0.25, 0.3) is 5.56 Å². The van der Waals surface area contributed by atoms with Crippen LogP contribution in [0.25, 0.3) is 21.8 Å². The summed E-state index contributed by atoms with van der Waals surface area (Å²) in [5.41, 5.74) is 3.15. The number of benzene rings is 1. The van der Waals surface area contributed by atoms with Crippen molar-refractivity contribution in [2.45, 2.75) is 13.8 Å². The molecule has 26 heavy (non-hydrogen) atoms. The molecule has 0 aliphatic heterocycles. The average molecular weight is 366 g/mol. The van der Waals surface area contributed by atoms with Crippen molar-refractivity contribution in [3.8, 4) is 16.9 Å². The first-order chi connectivity index (χ1) is 12.2. The second-order valence-corrected chi connectivity index (χ2v) is 9.77. The second-order valence-electron chi connectivity index (χ2n) is 6.59. The van der Waals surface area contributed by atoms with Gasteiger partial charge >= 0.3 is 0 Å². The molecule has 3 aromatic rings. The highest BCUT2D eigenvalue weighted by Crippen LogP contribution is 2.35. The maximum atomic E-state index is 12.9. The van der Waals surface area contributed by atoms with Gasteiger partial charge in [0, 0.05) is 17.2 Å². The van der Waals surface area contributed by atoms with Gasteiger partial charge in [-0.05, 0) is 44.4 Å². The van der Waals surface area contributed by atoms with Crippen LogP contribution < -0.4 is 10.9 Å². The zero-order valence-electron chi connectivity index (χ0n) is 15.1. The topological polar surface area (TPSA) is 72.1 Å². The van der Waals surface area contributed by atoms with Gasteiger partial charge in [-0.1, -0.05) is 24.3 Å². The van der Waals surface area contributed by atoms with Crippen LogP contribution in [0.15, 0.2) is 41.3 Å². The maximum Gasteiger partial charge on any atom is 0.280 e. The summed E-state index contributed by atoms with van der Waals surface area (Å²) in [6.07, 6.45) is 1.58. The lowest BCUT2D eigenvalue weighted by Crippen LogP contribution is -2.19. The molecule has 0 bridgehead atoms. The van der Waals surface area contributed by atoms with Crippen LogP contribution in [-0.2, 0) is 4.57 Å². The minimum Gasteiger partial charge on any atom is -0.319 e. The predicted octanol–water partition coefficient (Wildman–Crippen LogP) is 3.64. The summed E-state index contributed by atoms with van der Waals surface area (Å²) < 4.78 is 13.7. The molecular weight excluding hydrogens is 347 g/mol. The molecule has 2 aromatic heterocycles. The molecule has 7 heteroatoms. The molecule has 0 aliphatic rings. The fourth-order valence-corrected chi connectivity index (χ4v) is 4.22. The van der Waals surface area contributed by atoms with Crippen molar-refractivity contribution in [3.05, 3.63) is 69.6 Å². The van der Waals surface area contributed by atoms with Gasteiger partial charge in [0.2, 0.25) is 0 Å². The Hall–Kier alpha value is -2.90. The molecule has 0 aliphatic carbocycles.